The van der Waals surface area contributed by atoms with Gasteiger partial charge in [0.05, 0.1) is 0 Å². The number of carbonyl (C=O) groups excluding carboxylic acids is 2. The molecule has 2 fully saturated rings. The maximum Gasteiger partial charge on any atom is 0.231 e. The van der Waals surface area contributed by atoms with Crippen LogP contribution < -0.4 is 9.47 Å². The predicted octanol–water partition coefficient (Wildman–Crippen LogP) is 4.34. The van der Waals surface area contributed by atoms with E-state index in [4.69, 9.17) is 9.47 Å². The van der Waals surface area contributed by atoms with Crippen molar-refractivity contribution in [2.24, 2.45) is 16.7 Å². The minimum Gasteiger partial charge on any atom is -0.454 e. The summed E-state index contributed by atoms with van der Waals surface area (Å²) in [6, 6.07) is 5.79. The molecule has 4 nitrogen and oxygen atoms in total. The molecule has 1 aromatic rings. The Kier molecular flexibility index (Phi) is 4.65. The molecule has 2 aliphatic carbocycles. The van der Waals surface area contributed by atoms with E-state index < -0.39 is 0 Å². The van der Waals surface area contributed by atoms with Gasteiger partial charge >= 0.3 is 0 Å². The van der Waals surface area contributed by atoms with Gasteiger partial charge in [-0.2, -0.15) is 0 Å². The first-order valence-electron chi connectivity index (χ1n) is 9.15. The Hall–Kier alpha value is -1.84. The third kappa shape index (κ3) is 3.19. The minimum atomic E-state index is 0.0255. The molecule has 1 aliphatic heterocycles. The van der Waals surface area contributed by atoms with Gasteiger partial charge in [-0.1, -0.05) is 26.8 Å². The molecule has 0 spiro atoms. The van der Waals surface area contributed by atoms with Crippen LogP contribution in [0.1, 0.15) is 58.9 Å². The number of hydrogen-bond donors (Lipinski definition) is 0. The zero-order chi connectivity index (χ0) is 18.2. The molecule has 0 radical (unpaired) electrons. The Morgan fingerprint density at radius 2 is 1.92 bits per heavy atom. The van der Waals surface area contributed by atoms with Gasteiger partial charge in [-0.3, -0.25) is 4.79 Å². The molecule has 0 N–H and O–H groups in total. The van der Waals surface area contributed by atoms with Crippen molar-refractivity contribution < 1.29 is 19.1 Å². The third-order valence-corrected chi connectivity index (χ3v) is 6.69. The zero-order valence-electron chi connectivity index (χ0n) is 15.7. The highest BCUT2D eigenvalue weighted by molar-refractivity contribution is 5.89. The van der Waals surface area contributed by atoms with Gasteiger partial charge < -0.3 is 14.3 Å². The zero-order valence-corrected chi connectivity index (χ0v) is 15.7. The molecule has 0 aromatic heterocycles. The average molecular weight is 344 g/mol. The highest BCUT2D eigenvalue weighted by Crippen LogP contribution is 2.63. The Labute approximate surface area is 149 Å². The largest absolute Gasteiger partial charge is 0.454 e. The molecular formula is C21H28O4. The van der Waals surface area contributed by atoms with Gasteiger partial charge in [-0.15, -0.1) is 0 Å². The van der Waals surface area contributed by atoms with Crippen molar-refractivity contribution >= 4 is 11.6 Å². The van der Waals surface area contributed by atoms with E-state index in [1.807, 2.05) is 18.2 Å². The number of hydrogen-bond acceptors (Lipinski definition) is 4. The Morgan fingerprint density at radius 1 is 1.20 bits per heavy atom. The van der Waals surface area contributed by atoms with Gasteiger partial charge in [0.15, 0.2) is 11.5 Å². The summed E-state index contributed by atoms with van der Waals surface area (Å²) in [4.78, 5) is 22.4. The summed E-state index contributed by atoms with van der Waals surface area (Å²) < 4.78 is 10.4. The molecule has 2 saturated carbocycles. The first kappa shape index (κ1) is 18.0. The predicted molar refractivity (Wildman–Crippen MR) is 95.8 cm³/mol. The number of rotatable bonds is 3. The van der Waals surface area contributed by atoms with Gasteiger partial charge in [0, 0.05) is 18.3 Å². The maximum atomic E-state index is 11.6. The van der Waals surface area contributed by atoms with Gasteiger partial charge in [0.1, 0.15) is 11.6 Å². The molecule has 0 saturated heterocycles. The number of ketones is 2. The van der Waals surface area contributed by atoms with Crippen LogP contribution in [0.5, 0.6) is 11.5 Å². The van der Waals surface area contributed by atoms with Crippen LogP contribution in [0.25, 0.3) is 0 Å². The highest BCUT2D eigenvalue weighted by atomic mass is 16.7. The van der Waals surface area contributed by atoms with Gasteiger partial charge in [-0.05, 0) is 55.2 Å². The number of carbonyl (C=O) groups is 2. The molecule has 4 rings (SSSR count). The van der Waals surface area contributed by atoms with Crippen molar-refractivity contribution in [1.82, 2.24) is 0 Å². The van der Waals surface area contributed by atoms with Crippen LogP contribution in [0.4, 0.5) is 0 Å². The van der Waals surface area contributed by atoms with Crippen molar-refractivity contribution in [3.05, 3.63) is 23.8 Å². The summed E-state index contributed by atoms with van der Waals surface area (Å²) in [5, 5.41) is 0. The van der Waals surface area contributed by atoms with Crippen LogP contribution in [0.3, 0.4) is 0 Å². The standard InChI is InChI=1S/C11H12O3.C10H16O/c1-8(12)2-3-9-4-5-10-11(6-9)14-7-13-10;1-9(2)7-4-5-10(9,3)8(11)6-7/h4-6H,2-3,7H2,1H3;7H,4-6H2,1-3H3. The Bertz CT molecular complexity index is 691. The maximum absolute atomic E-state index is 11.6. The van der Waals surface area contributed by atoms with Gasteiger partial charge in [0.2, 0.25) is 6.79 Å². The molecule has 2 unspecified atom stereocenters. The van der Waals surface area contributed by atoms with Crippen LogP contribution in [-0.4, -0.2) is 18.4 Å². The number of benzene rings is 1. The lowest BCUT2D eigenvalue weighted by molar-refractivity contribution is -0.128. The van der Waals surface area contributed by atoms with Crippen LogP contribution >= 0.6 is 0 Å². The topological polar surface area (TPSA) is 52.6 Å². The molecule has 3 aliphatic rings. The van der Waals surface area contributed by atoms with Crippen molar-refractivity contribution in [2.45, 2.75) is 59.8 Å². The smallest absolute Gasteiger partial charge is 0.231 e. The van der Waals surface area contributed by atoms with Crippen LogP contribution in [-0.2, 0) is 16.0 Å². The fraction of sp³-hybridized carbons (Fsp3) is 0.619. The summed E-state index contributed by atoms with van der Waals surface area (Å²) in [7, 11) is 0. The van der Waals surface area contributed by atoms with Crippen molar-refractivity contribution in [1.29, 1.82) is 0 Å². The molecular weight excluding hydrogens is 316 g/mol. The molecule has 2 atom stereocenters. The number of Topliss-reactive ketones (excluding diaryl/α,β-unsaturated/α-hetero) is 2. The Morgan fingerprint density at radius 3 is 2.44 bits per heavy atom. The van der Waals surface area contributed by atoms with Crippen LogP contribution in [0.2, 0.25) is 0 Å². The number of fused-ring (bicyclic) bond motifs is 3. The fourth-order valence-electron chi connectivity index (χ4n) is 4.32. The fourth-order valence-corrected chi connectivity index (χ4v) is 4.32. The Balaban J connectivity index is 0.000000150. The van der Waals surface area contributed by atoms with Crippen LogP contribution in [0, 0.1) is 16.7 Å². The molecule has 2 bridgehead atoms. The first-order valence-corrected chi connectivity index (χ1v) is 9.15. The summed E-state index contributed by atoms with van der Waals surface area (Å²) in [5.74, 6) is 2.98. The highest BCUT2D eigenvalue weighted by Gasteiger charge is 2.61. The molecule has 1 heterocycles. The second-order valence-electron chi connectivity index (χ2n) is 8.31. The van der Waals surface area contributed by atoms with Gasteiger partial charge in [-0.25, -0.2) is 0 Å². The second-order valence-corrected chi connectivity index (χ2v) is 8.31. The normalized spacial score (nSPS) is 27.8. The van der Waals surface area contributed by atoms with Crippen molar-refractivity contribution in [2.75, 3.05) is 6.79 Å². The SMILES string of the molecule is CC(=O)CCc1ccc2c(c1)OCO2.CC12CCC(CC1=O)C2(C)C. The monoisotopic (exact) mass is 344 g/mol. The lowest BCUT2D eigenvalue weighted by Crippen LogP contribution is -2.32. The molecule has 136 valence electrons. The van der Waals surface area contributed by atoms with Crippen molar-refractivity contribution in [3.63, 3.8) is 0 Å². The third-order valence-electron chi connectivity index (χ3n) is 6.69. The van der Waals surface area contributed by atoms with E-state index in [0.29, 0.717) is 24.9 Å². The first-order chi connectivity index (χ1) is 11.7. The number of ether oxygens (including phenoxy) is 2. The van der Waals surface area contributed by atoms with E-state index in [-0.39, 0.29) is 16.6 Å². The quantitative estimate of drug-likeness (QED) is 0.818. The number of aryl methyl sites for hydroxylation is 1. The molecule has 4 heteroatoms. The van der Waals surface area contributed by atoms with Gasteiger partial charge in [0.25, 0.3) is 0 Å². The van der Waals surface area contributed by atoms with E-state index in [1.165, 1.54) is 6.42 Å². The summed E-state index contributed by atoms with van der Waals surface area (Å²) in [6.45, 7) is 8.58. The van der Waals surface area contributed by atoms with Crippen LogP contribution in [0.15, 0.2) is 18.2 Å². The summed E-state index contributed by atoms with van der Waals surface area (Å²) in [5.41, 5.74) is 1.42. The van der Waals surface area contributed by atoms with E-state index in [0.717, 1.165) is 36.3 Å². The van der Waals surface area contributed by atoms with E-state index in [2.05, 4.69) is 20.8 Å². The average Bonchev–Trinajstić information content (AvgIpc) is 3.15. The van der Waals surface area contributed by atoms with E-state index in [1.54, 1.807) is 6.92 Å². The van der Waals surface area contributed by atoms with E-state index in [9.17, 15) is 9.59 Å². The molecule has 25 heavy (non-hydrogen) atoms. The molecule has 0 amide bonds. The van der Waals surface area contributed by atoms with Crippen molar-refractivity contribution in [3.8, 4) is 11.5 Å². The summed E-state index contributed by atoms with van der Waals surface area (Å²) >= 11 is 0. The minimum absolute atomic E-state index is 0.0255. The van der Waals surface area contributed by atoms with E-state index >= 15 is 0 Å². The second kappa shape index (κ2) is 6.47. The lowest BCUT2D eigenvalue weighted by atomic mass is 9.70. The summed E-state index contributed by atoms with van der Waals surface area (Å²) in [6.07, 6.45) is 4.61. The lowest BCUT2D eigenvalue weighted by Gasteiger charge is -2.32. The molecule has 1 aromatic carbocycles.